The van der Waals surface area contributed by atoms with E-state index in [4.69, 9.17) is 5.11 Å². The van der Waals surface area contributed by atoms with Crippen LogP contribution in [0.25, 0.3) is 33.9 Å². The summed E-state index contributed by atoms with van der Waals surface area (Å²) >= 11 is 0. The lowest BCUT2D eigenvalue weighted by Crippen LogP contribution is -2.31. The first-order chi connectivity index (χ1) is 14.1. The molecule has 0 aliphatic heterocycles. The second-order valence-electron chi connectivity index (χ2n) is 6.54. The molecular formula is C22H17N3O4. The van der Waals surface area contributed by atoms with Crippen molar-refractivity contribution in [1.82, 2.24) is 14.6 Å². The quantitative estimate of drug-likeness (QED) is 0.546. The van der Waals surface area contributed by atoms with E-state index in [0.717, 1.165) is 5.56 Å². The molecule has 0 amide bonds. The van der Waals surface area contributed by atoms with Gasteiger partial charge in [0.1, 0.15) is 11.0 Å². The van der Waals surface area contributed by atoms with Crippen LogP contribution >= 0.6 is 0 Å². The number of fused-ring (bicyclic) bond motifs is 1. The van der Waals surface area contributed by atoms with Gasteiger partial charge >= 0.3 is 5.97 Å². The highest BCUT2D eigenvalue weighted by molar-refractivity contribution is 5.71. The number of aromatic nitrogens is 3. The maximum atomic E-state index is 13.2. The molecule has 0 saturated heterocycles. The fraction of sp³-hybridized carbons (Fsp3) is 0.0909. The zero-order valence-corrected chi connectivity index (χ0v) is 15.3. The van der Waals surface area contributed by atoms with E-state index in [-0.39, 0.29) is 29.5 Å². The van der Waals surface area contributed by atoms with Crippen LogP contribution in [-0.2, 0) is 4.79 Å². The third-order valence-corrected chi connectivity index (χ3v) is 4.63. The number of nitrogens with zero attached hydrogens (tertiary/aromatic N) is 3. The minimum absolute atomic E-state index is 0.0257. The number of hydrogen-bond donors (Lipinski definition) is 2. The van der Waals surface area contributed by atoms with Crippen molar-refractivity contribution in [2.24, 2.45) is 0 Å². The minimum atomic E-state index is -1.06. The molecule has 2 aromatic carbocycles. The lowest BCUT2D eigenvalue weighted by Gasteiger charge is -2.06. The molecular weight excluding hydrogens is 370 g/mol. The molecule has 2 N–H and O–H groups in total. The van der Waals surface area contributed by atoms with Crippen molar-refractivity contribution in [1.29, 1.82) is 0 Å². The van der Waals surface area contributed by atoms with Crippen molar-refractivity contribution in [3.8, 4) is 22.5 Å². The molecule has 0 saturated carbocycles. The van der Waals surface area contributed by atoms with E-state index in [1.54, 1.807) is 22.7 Å². The lowest BCUT2D eigenvalue weighted by atomic mass is 10.1. The van der Waals surface area contributed by atoms with E-state index in [0.29, 0.717) is 17.0 Å². The standard InChI is InChI=1S/C22H17N3O4/c26-17(11-12-18(27)28)19-20(29)16(14-7-3-1-4-8-14)13-25-21(23-24-22(19)25)15-9-5-2-6-10-15/h1-10,13,26H,11-12H2,(H,27,28)/b19-17-. The van der Waals surface area contributed by atoms with Crippen molar-refractivity contribution < 1.29 is 15.0 Å². The molecule has 0 atom stereocenters. The number of carbonyl (C=O) groups is 1. The third-order valence-electron chi connectivity index (χ3n) is 4.63. The molecule has 0 spiro atoms. The molecule has 0 unspecified atom stereocenters. The molecule has 4 rings (SSSR count). The first-order valence-electron chi connectivity index (χ1n) is 9.03. The molecule has 4 aromatic rings. The average molecular weight is 387 g/mol. The smallest absolute Gasteiger partial charge is 0.303 e. The Bertz CT molecular complexity index is 1300. The van der Waals surface area contributed by atoms with Crippen molar-refractivity contribution in [2.45, 2.75) is 12.8 Å². The van der Waals surface area contributed by atoms with Gasteiger partial charge in [-0.15, -0.1) is 10.2 Å². The SMILES string of the molecule is O=C(O)CC/C(O)=c1\c(=O)c(-c2ccccc2)cn2c(-c3ccccc3)nnc12. The van der Waals surface area contributed by atoms with Crippen LogP contribution in [-0.4, -0.2) is 30.8 Å². The first kappa shape index (κ1) is 18.4. The minimum Gasteiger partial charge on any atom is -0.511 e. The van der Waals surface area contributed by atoms with Gasteiger partial charge in [0.05, 0.1) is 6.42 Å². The normalized spacial score (nSPS) is 12.1. The van der Waals surface area contributed by atoms with Crippen LogP contribution in [0.5, 0.6) is 0 Å². The van der Waals surface area contributed by atoms with Gasteiger partial charge in [-0.25, -0.2) is 0 Å². The highest BCUT2D eigenvalue weighted by Crippen LogP contribution is 2.20. The highest BCUT2D eigenvalue weighted by Gasteiger charge is 2.17. The van der Waals surface area contributed by atoms with Crippen molar-refractivity contribution in [3.05, 3.63) is 82.3 Å². The Labute approximate surface area is 165 Å². The highest BCUT2D eigenvalue weighted by atomic mass is 16.4. The van der Waals surface area contributed by atoms with Crippen LogP contribution in [0, 0.1) is 0 Å². The Balaban J connectivity index is 2.07. The molecule has 29 heavy (non-hydrogen) atoms. The topological polar surface area (TPSA) is 105 Å². The van der Waals surface area contributed by atoms with Crippen molar-refractivity contribution in [3.63, 3.8) is 0 Å². The van der Waals surface area contributed by atoms with Gasteiger partial charge in [-0.3, -0.25) is 14.0 Å². The number of carboxylic acids is 1. The second-order valence-corrected chi connectivity index (χ2v) is 6.54. The van der Waals surface area contributed by atoms with Gasteiger partial charge in [0, 0.05) is 23.7 Å². The molecule has 0 aliphatic carbocycles. The average Bonchev–Trinajstić information content (AvgIpc) is 3.16. The van der Waals surface area contributed by atoms with Gasteiger partial charge in [-0.2, -0.15) is 0 Å². The van der Waals surface area contributed by atoms with E-state index in [2.05, 4.69) is 10.2 Å². The fourth-order valence-electron chi connectivity index (χ4n) is 3.23. The van der Waals surface area contributed by atoms with Crippen LogP contribution in [0.3, 0.4) is 0 Å². The Kier molecular flexibility index (Phi) is 4.78. The number of rotatable bonds is 5. The summed E-state index contributed by atoms with van der Waals surface area (Å²) in [6, 6.07) is 18.4. The maximum Gasteiger partial charge on any atom is 0.303 e. The lowest BCUT2D eigenvalue weighted by molar-refractivity contribution is -0.136. The van der Waals surface area contributed by atoms with Crippen LogP contribution in [0.2, 0.25) is 0 Å². The van der Waals surface area contributed by atoms with Gasteiger partial charge in [-0.1, -0.05) is 60.7 Å². The molecule has 144 valence electrons. The van der Waals surface area contributed by atoms with Gasteiger partial charge < -0.3 is 10.2 Å². The number of aliphatic hydroxyl groups is 1. The van der Waals surface area contributed by atoms with E-state index in [9.17, 15) is 14.7 Å². The van der Waals surface area contributed by atoms with Crippen LogP contribution in [0.15, 0.2) is 71.7 Å². The first-order valence-corrected chi connectivity index (χ1v) is 9.03. The number of aliphatic carboxylic acids is 1. The molecule has 2 aromatic heterocycles. The number of hydrogen-bond acceptors (Lipinski definition) is 5. The Morgan fingerprint density at radius 2 is 1.48 bits per heavy atom. The summed E-state index contributed by atoms with van der Waals surface area (Å²) in [5.41, 5.74) is 1.62. The maximum absolute atomic E-state index is 13.2. The molecule has 0 aliphatic rings. The summed E-state index contributed by atoms with van der Waals surface area (Å²) in [5.74, 6) is -0.858. The van der Waals surface area contributed by atoms with Gasteiger partial charge in [0.2, 0.25) is 5.43 Å². The van der Waals surface area contributed by atoms with Crippen LogP contribution < -0.4 is 10.6 Å². The molecule has 0 radical (unpaired) electrons. The fourth-order valence-corrected chi connectivity index (χ4v) is 3.23. The molecule has 2 heterocycles. The second kappa shape index (κ2) is 7.55. The summed E-state index contributed by atoms with van der Waals surface area (Å²) < 4.78 is 1.66. The Morgan fingerprint density at radius 1 is 0.862 bits per heavy atom. The number of carboxylic acid groups (broad SMARTS) is 1. The Hall–Kier alpha value is -4.00. The number of pyridine rings is 1. The summed E-state index contributed by atoms with van der Waals surface area (Å²) in [4.78, 5) is 24.1. The summed E-state index contributed by atoms with van der Waals surface area (Å²) in [6.45, 7) is 0. The largest absolute Gasteiger partial charge is 0.511 e. The van der Waals surface area contributed by atoms with Crippen molar-refractivity contribution in [2.75, 3.05) is 0 Å². The molecule has 0 fully saturated rings. The van der Waals surface area contributed by atoms with E-state index >= 15 is 0 Å². The van der Waals surface area contributed by atoms with E-state index < -0.39 is 11.4 Å². The third kappa shape index (κ3) is 3.45. The van der Waals surface area contributed by atoms with E-state index in [1.807, 2.05) is 48.5 Å². The summed E-state index contributed by atoms with van der Waals surface area (Å²) in [5, 5.41) is 27.8. The molecule has 7 heteroatoms. The summed E-state index contributed by atoms with van der Waals surface area (Å²) in [6.07, 6.45) is 1.18. The predicted molar refractivity (Wildman–Crippen MR) is 108 cm³/mol. The van der Waals surface area contributed by atoms with Gasteiger partial charge in [0.25, 0.3) is 0 Å². The van der Waals surface area contributed by atoms with Gasteiger partial charge in [-0.05, 0) is 5.56 Å². The molecule has 0 bridgehead atoms. The number of aliphatic hydroxyl groups excluding tert-OH is 1. The van der Waals surface area contributed by atoms with E-state index in [1.165, 1.54) is 0 Å². The summed E-state index contributed by atoms with van der Waals surface area (Å²) in [7, 11) is 0. The monoisotopic (exact) mass is 387 g/mol. The van der Waals surface area contributed by atoms with Crippen LogP contribution in [0.4, 0.5) is 0 Å². The Morgan fingerprint density at radius 3 is 2.10 bits per heavy atom. The predicted octanol–water partition coefficient (Wildman–Crippen LogP) is 2.67. The van der Waals surface area contributed by atoms with Gasteiger partial charge in [0.15, 0.2) is 11.5 Å². The number of benzene rings is 2. The van der Waals surface area contributed by atoms with Crippen molar-refractivity contribution >= 4 is 17.4 Å². The zero-order chi connectivity index (χ0) is 20.4. The van der Waals surface area contributed by atoms with Crippen LogP contribution in [0.1, 0.15) is 12.8 Å². The molecule has 7 nitrogen and oxygen atoms in total. The zero-order valence-electron chi connectivity index (χ0n) is 15.3.